The molecule has 0 amide bonds. The van der Waals surface area contributed by atoms with E-state index < -0.39 is 0 Å². The van der Waals surface area contributed by atoms with E-state index in [0.717, 1.165) is 11.1 Å². The molecule has 0 saturated heterocycles. The predicted octanol–water partition coefficient (Wildman–Crippen LogP) is 1.96. The Hall–Kier alpha value is -1.67. The lowest BCUT2D eigenvalue weighted by atomic mass is 9.91. The van der Waals surface area contributed by atoms with Crippen LogP contribution in [0.3, 0.4) is 0 Å². The highest BCUT2D eigenvalue weighted by Crippen LogP contribution is 2.22. The van der Waals surface area contributed by atoms with Gasteiger partial charge in [-0.3, -0.25) is 4.79 Å². The molecule has 0 aliphatic heterocycles. The molecule has 76 valence electrons. The second kappa shape index (κ2) is 4.24. The number of rotatable bonds is 2. The lowest BCUT2D eigenvalue weighted by Gasteiger charge is -2.12. The maximum Gasteiger partial charge on any atom is 0.166 e. The van der Waals surface area contributed by atoms with Crippen LogP contribution in [0, 0.1) is 0 Å². The zero-order valence-corrected chi connectivity index (χ0v) is 8.26. The first-order valence-corrected chi connectivity index (χ1v) is 4.89. The summed E-state index contributed by atoms with van der Waals surface area (Å²) in [6.45, 7) is 0.0363. The molecule has 0 radical (unpaired) electrons. The maximum atomic E-state index is 11.6. The van der Waals surface area contributed by atoms with Crippen molar-refractivity contribution in [2.24, 2.45) is 0 Å². The third kappa shape index (κ3) is 2.05. The quantitative estimate of drug-likeness (QED) is 0.792. The zero-order chi connectivity index (χ0) is 10.7. The van der Waals surface area contributed by atoms with Gasteiger partial charge in [0.25, 0.3) is 0 Å². The lowest BCUT2D eigenvalue weighted by molar-refractivity contribution is -0.115. The van der Waals surface area contributed by atoms with Crippen molar-refractivity contribution in [1.29, 1.82) is 0 Å². The largest absolute Gasteiger partial charge is 0.392 e. The minimum atomic E-state index is -0.164. The third-order valence-electron chi connectivity index (χ3n) is 2.50. The van der Waals surface area contributed by atoms with E-state index in [1.165, 1.54) is 0 Å². The third-order valence-corrected chi connectivity index (χ3v) is 2.50. The number of carbonyl (C=O) groups is 1. The Morgan fingerprint density at radius 1 is 1.13 bits per heavy atom. The molecule has 1 aliphatic rings. The highest BCUT2D eigenvalue weighted by Gasteiger charge is 2.16. The van der Waals surface area contributed by atoms with Gasteiger partial charge in [0.1, 0.15) is 0 Å². The first kappa shape index (κ1) is 9.87. The summed E-state index contributed by atoms with van der Waals surface area (Å²) >= 11 is 0. The lowest BCUT2D eigenvalue weighted by Crippen LogP contribution is -2.09. The van der Waals surface area contributed by atoms with Gasteiger partial charge in [0.15, 0.2) is 5.78 Å². The van der Waals surface area contributed by atoms with Gasteiger partial charge in [-0.1, -0.05) is 42.5 Å². The van der Waals surface area contributed by atoms with Crippen LogP contribution in [-0.4, -0.2) is 10.9 Å². The molecule has 2 heteroatoms. The highest BCUT2D eigenvalue weighted by molar-refractivity contribution is 5.98. The normalized spacial score (nSPS) is 19.5. The summed E-state index contributed by atoms with van der Waals surface area (Å²) in [5.74, 6) is -0.0583. The van der Waals surface area contributed by atoms with Crippen molar-refractivity contribution in [2.75, 3.05) is 0 Å². The standard InChI is InChI=1S/C13H12O2/c14-9-10-5-7-11(8-6-10)12-3-1-2-4-13(12)15/h1-8,12,14H,9H2. The van der Waals surface area contributed by atoms with Crippen LogP contribution in [0.4, 0.5) is 0 Å². The van der Waals surface area contributed by atoms with Gasteiger partial charge >= 0.3 is 0 Å². The van der Waals surface area contributed by atoms with Gasteiger partial charge in [0, 0.05) is 0 Å². The number of hydrogen-bond acceptors (Lipinski definition) is 2. The minimum absolute atomic E-state index is 0.0363. The van der Waals surface area contributed by atoms with Crippen LogP contribution >= 0.6 is 0 Å². The van der Waals surface area contributed by atoms with Crippen LogP contribution in [-0.2, 0) is 11.4 Å². The van der Waals surface area contributed by atoms with E-state index in [2.05, 4.69) is 0 Å². The fraction of sp³-hybridized carbons (Fsp3) is 0.154. The van der Waals surface area contributed by atoms with Crippen LogP contribution in [0.5, 0.6) is 0 Å². The average molecular weight is 200 g/mol. The van der Waals surface area contributed by atoms with E-state index in [9.17, 15) is 4.79 Å². The molecule has 1 N–H and O–H groups in total. The van der Waals surface area contributed by atoms with Crippen molar-refractivity contribution < 1.29 is 9.90 Å². The Kier molecular flexibility index (Phi) is 2.79. The molecule has 2 rings (SSSR count). The van der Waals surface area contributed by atoms with Gasteiger partial charge in [-0.05, 0) is 17.2 Å². The molecule has 1 aliphatic carbocycles. The Labute approximate surface area is 88.6 Å². The fourth-order valence-corrected chi connectivity index (χ4v) is 1.63. The summed E-state index contributed by atoms with van der Waals surface area (Å²) in [7, 11) is 0. The average Bonchev–Trinajstić information content (AvgIpc) is 2.30. The summed E-state index contributed by atoms with van der Waals surface area (Å²) in [5, 5.41) is 8.90. The molecular weight excluding hydrogens is 188 g/mol. The Bertz CT molecular complexity index is 413. The number of aliphatic hydroxyl groups excluding tert-OH is 1. The molecule has 0 bridgehead atoms. The van der Waals surface area contributed by atoms with E-state index in [-0.39, 0.29) is 18.3 Å². The first-order valence-electron chi connectivity index (χ1n) is 4.89. The molecule has 1 aromatic carbocycles. The molecular formula is C13H12O2. The maximum absolute atomic E-state index is 11.6. The van der Waals surface area contributed by atoms with Crippen LogP contribution in [0.1, 0.15) is 17.0 Å². The summed E-state index contributed by atoms with van der Waals surface area (Å²) in [6, 6.07) is 7.46. The monoisotopic (exact) mass is 200 g/mol. The topological polar surface area (TPSA) is 37.3 Å². The molecule has 15 heavy (non-hydrogen) atoms. The van der Waals surface area contributed by atoms with Crippen molar-refractivity contribution in [3.8, 4) is 0 Å². The number of benzene rings is 1. The van der Waals surface area contributed by atoms with E-state index in [0.29, 0.717) is 0 Å². The van der Waals surface area contributed by atoms with E-state index >= 15 is 0 Å². The van der Waals surface area contributed by atoms with Gasteiger partial charge < -0.3 is 5.11 Å². The summed E-state index contributed by atoms with van der Waals surface area (Å²) < 4.78 is 0. The second-order valence-electron chi connectivity index (χ2n) is 3.52. The minimum Gasteiger partial charge on any atom is -0.392 e. The molecule has 2 nitrogen and oxygen atoms in total. The van der Waals surface area contributed by atoms with Gasteiger partial charge in [0.2, 0.25) is 0 Å². The molecule has 0 fully saturated rings. The Morgan fingerprint density at radius 3 is 2.47 bits per heavy atom. The molecule has 0 aromatic heterocycles. The van der Waals surface area contributed by atoms with Crippen molar-refractivity contribution in [3.63, 3.8) is 0 Å². The van der Waals surface area contributed by atoms with E-state index in [1.54, 1.807) is 12.2 Å². The molecule has 0 heterocycles. The van der Waals surface area contributed by atoms with Gasteiger partial charge in [-0.25, -0.2) is 0 Å². The Balaban J connectivity index is 2.26. The van der Waals surface area contributed by atoms with Crippen LogP contribution < -0.4 is 0 Å². The predicted molar refractivity (Wildman–Crippen MR) is 58.4 cm³/mol. The molecule has 1 aromatic rings. The number of hydrogen-bond donors (Lipinski definition) is 1. The van der Waals surface area contributed by atoms with Crippen LogP contribution in [0.15, 0.2) is 48.6 Å². The smallest absolute Gasteiger partial charge is 0.166 e. The van der Waals surface area contributed by atoms with Gasteiger partial charge in [-0.2, -0.15) is 0 Å². The number of carbonyl (C=O) groups excluding carboxylic acids is 1. The molecule has 1 unspecified atom stereocenters. The van der Waals surface area contributed by atoms with E-state index in [1.807, 2.05) is 36.4 Å². The van der Waals surface area contributed by atoms with Gasteiger partial charge in [0.05, 0.1) is 12.5 Å². The highest BCUT2D eigenvalue weighted by atomic mass is 16.3. The van der Waals surface area contributed by atoms with Crippen molar-refractivity contribution in [2.45, 2.75) is 12.5 Å². The number of aliphatic hydroxyl groups is 1. The summed E-state index contributed by atoms with van der Waals surface area (Å²) in [4.78, 5) is 11.6. The SMILES string of the molecule is O=C1C=CC=CC1c1ccc(CO)cc1. The van der Waals surface area contributed by atoms with Gasteiger partial charge in [-0.15, -0.1) is 0 Å². The van der Waals surface area contributed by atoms with E-state index in [4.69, 9.17) is 5.11 Å². The zero-order valence-electron chi connectivity index (χ0n) is 8.26. The first-order chi connectivity index (χ1) is 7.31. The number of ketones is 1. The number of allylic oxidation sites excluding steroid dienone is 4. The van der Waals surface area contributed by atoms with Crippen molar-refractivity contribution in [1.82, 2.24) is 0 Å². The second-order valence-corrected chi connectivity index (χ2v) is 3.52. The molecule has 0 saturated carbocycles. The fourth-order valence-electron chi connectivity index (χ4n) is 1.63. The molecule has 0 spiro atoms. The van der Waals surface area contributed by atoms with Crippen LogP contribution in [0.25, 0.3) is 0 Å². The summed E-state index contributed by atoms with van der Waals surface area (Å²) in [6.07, 6.45) is 7.11. The summed E-state index contributed by atoms with van der Waals surface area (Å²) in [5.41, 5.74) is 1.83. The van der Waals surface area contributed by atoms with Crippen molar-refractivity contribution in [3.05, 3.63) is 59.7 Å². The Morgan fingerprint density at radius 2 is 1.87 bits per heavy atom. The van der Waals surface area contributed by atoms with Crippen molar-refractivity contribution >= 4 is 5.78 Å². The molecule has 1 atom stereocenters. The van der Waals surface area contributed by atoms with Crippen LogP contribution in [0.2, 0.25) is 0 Å².